The number of hydrogen-bond acceptors (Lipinski definition) is 14. The van der Waals surface area contributed by atoms with Gasteiger partial charge in [-0.3, -0.25) is 19.2 Å². The molecule has 15 nitrogen and oxygen atoms in total. The minimum absolute atomic E-state index is 0.0115. The van der Waals surface area contributed by atoms with Gasteiger partial charge in [-0.05, 0) is 114 Å². The van der Waals surface area contributed by atoms with E-state index in [9.17, 15) is 44.4 Å². The van der Waals surface area contributed by atoms with Crippen LogP contribution in [0.3, 0.4) is 0 Å². The number of hydrogen-bond donors (Lipinski definition) is 4. The summed E-state index contributed by atoms with van der Waals surface area (Å²) < 4.78 is 29.9. The van der Waals surface area contributed by atoms with Gasteiger partial charge >= 0.3 is 5.97 Å². The zero-order chi connectivity index (χ0) is 51.7. The summed E-state index contributed by atoms with van der Waals surface area (Å²) in [5.74, 6) is -9.40. The van der Waals surface area contributed by atoms with Gasteiger partial charge in [0.2, 0.25) is 5.79 Å². The number of Topliss-reactive ketones (excluding diaryl/α,β-unsaturated/α-hetero) is 3. The number of allylic oxidation sites excluding steroid dienone is 6. The van der Waals surface area contributed by atoms with Crippen molar-refractivity contribution in [3.63, 3.8) is 0 Å². The Bertz CT molecular complexity index is 1840. The Morgan fingerprint density at radius 3 is 2.31 bits per heavy atom. The normalized spacial score (nSPS) is 38.4. The van der Waals surface area contributed by atoms with Gasteiger partial charge in [0.25, 0.3) is 11.7 Å². The molecule has 0 aromatic heterocycles. The van der Waals surface area contributed by atoms with Crippen molar-refractivity contribution in [1.82, 2.24) is 4.90 Å². The van der Waals surface area contributed by atoms with E-state index >= 15 is 0 Å². The molecule has 15 atom stereocenters. The van der Waals surface area contributed by atoms with Gasteiger partial charge in [0.05, 0.1) is 50.2 Å². The largest absolute Gasteiger partial charge is 0.460 e. The second kappa shape index (κ2) is 28.7. The Morgan fingerprint density at radius 1 is 0.886 bits per heavy atom. The number of nitrogens with zero attached hydrogens (tertiary/aromatic N) is 1. The van der Waals surface area contributed by atoms with Crippen LogP contribution in [-0.2, 0) is 47.7 Å². The molecule has 0 aromatic rings. The molecule has 1 unspecified atom stereocenters. The summed E-state index contributed by atoms with van der Waals surface area (Å²) in [5.41, 5.74) is 1.22. The number of methoxy groups -OCH3 is 1. The molecule has 4 N–H and O–H groups in total. The average molecular weight is 986 g/mol. The first kappa shape index (κ1) is 59.2. The summed E-state index contributed by atoms with van der Waals surface area (Å²) in [5, 5.41) is 44.2. The Balaban J connectivity index is 1.68. The Labute approximate surface area is 417 Å². The van der Waals surface area contributed by atoms with Crippen molar-refractivity contribution in [2.45, 2.75) is 175 Å². The summed E-state index contributed by atoms with van der Waals surface area (Å²) in [6.07, 6.45) is 13.1. The van der Waals surface area contributed by atoms with E-state index in [1.807, 2.05) is 58.1 Å². The van der Waals surface area contributed by atoms with Gasteiger partial charge < -0.3 is 49.0 Å². The van der Waals surface area contributed by atoms with E-state index in [0.29, 0.717) is 76.8 Å². The number of esters is 1. The summed E-state index contributed by atoms with van der Waals surface area (Å²) >= 11 is 0. The van der Waals surface area contributed by atoms with E-state index in [1.54, 1.807) is 40.9 Å². The van der Waals surface area contributed by atoms with E-state index in [0.717, 1.165) is 18.4 Å². The van der Waals surface area contributed by atoms with Gasteiger partial charge in [0, 0.05) is 63.4 Å². The summed E-state index contributed by atoms with van der Waals surface area (Å²) in [4.78, 5) is 72.2. The van der Waals surface area contributed by atoms with Crippen LogP contribution in [0.15, 0.2) is 47.6 Å². The van der Waals surface area contributed by atoms with Gasteiger partial charge in [-0.2, -0.15) is 0 Å². The molecule has 4 rings (SSSR count). The second-order valence-corrected chi connectivity index (χ2v) is 20.9. The maximum Gasteiger partial charge on any atom is 0.329 e. The standard InChI is InChI=1S/C55H87NO14/c1-10-67-24-25-68-47-22-20-41(29-42(47)32-57)28-37(5)49-31-46(59)36(4)27-39(7)51(61)44(33-58)50(60)38(6)26-34(2)16-12-11-13-17-35(3)48(66-9)30-43-21-19-40(8)55(65,70-43)52(62)53(63)56-23-15-14-18-45(56)54(64)69-49/h11-13,16-17,27,34,36-38,40-45,47-49,51,57-58,61,65H,10,14-15,18-26,28-33H2,1-9H3/b13-11+,16-12+,35-17+,39-27+/t34-,36-,37-,38-,40-,41?,42+,43+,44+,45+,47-,48+,49+,51-,55-/m1/s1. The van der Waals surface area contributed by atoms with Crippen molar-refractivity contribution < 1.29 is 68.1 Å². The average Bonchev–Trinajstić information content (AvgIpc) is 3.34. The lowest BCUT2D eigenvalue weighted by Crippen LogP contribution is -2.61. The number of carbonyl (C=O) groups is 5. The van der Waals surface area contributed by atoms with Gasteiger partial charge in [-0.25, -0.2) is 4.79 Å². The smallest absolute Gasteiger partial charge is 0.329 e. The fourth-order valence-electron chi connectivity index (χ4n) is 10.9. The number of rotatable bonds is 11. The Kier molecular flexibility index (Phi) is 24.3. The Hall–Kier alpha value is -3.41. The highest BCUT2D eigenvalue weighted by molar-refractivity contribution is 6.39. The molecule has 0 radical (unpaired) electrons. The van der Waals surface area contributed by atoms with E-state index in [-0.39, 0.29) is 67.3 Å². The number of ketones is 3. The van der Waals surface area contributed by atoms with Gasteiger partial charge in [0.15, 0.2) is 0 Å². The first-order valence-electron chi connectivity index (χ1n) is 26.1. The summed E-state index contributed by atoms with van der Waals surface area (Å²) in [6, 6.07) is -1.16. The fourth-order valence-corrected chi connectivity index (χ4v) is 10.9. The molecular weight excluding hydrogens is 899 g/mol. The topological polar surface area (TPSA) is 216 Å². The molecule has 2 bridgehead atoms. The summed E-state index contributed by atoms with van der Waals surface area (Å²) in [7, 11) is 1.57. The molecule has 1 aliphatic carbocycles. The molecule has 4 aliphatic rings. The SMILES string of the molecule is CCOCCO[C@@H]1CCC(C[C@@H](C)[C@@H]2CC(=O)[C@H](C)/C=C(\C)[C@@H](O)[C@@H](CO)C(=O)[C@H](C)C[C@H](C)/C=C/C=C/C=C(\C)[C@@H](OC)C[C@@H]3CC[C@@H](C)[C@@](O)(O3)C(=O)C(=O)N3CCCC[C@H]3C(=O)O2)C[C@H]1CO. The first-order valence-corrected chi connectivity index (χ1v) is 26.1. The zero-order valence-electron chi connectivity index (χ0n) is 43.6. The van der Waals surface area contributed by atoms with E-state index in [1.165, 1.54) is 4.90 Å². The maximum absolute atomic E-state index is 14.5. The van der Waals surface area contributed by atoms with Crippen LogP contribution >= 0.6 is 0 Å². The number of aliphatic hydroxyl groups excluding tert-OH is 3. The van der Waals surface area contributed by atoms with E-state index in [4.69, 9.17) is 23.7 Å². The highest BCUT2D eigenvalue weighted by Crippen LogP contribution is 2.39. The molecule has 0 aromatic carbocycles. The minimum Gasteiger partial charge on any atom is -0.460 e. The van der Waals surface area contributed by atoms with Crippen molar-refractivity contribution >= 4 is 29.2 Å². The lowest BCUT2D eigenvalue weighted by atomic mass is 9.75. The molecule has 1 amide bonds. The molecule has 3 heterocycles. The zero-order valence-corrected chi connectivity index (χ0v) is 43.6. The van der Waals surface area contributed by atoms with Crippen LogP contribution in [0.25, 0.3) is 0 Å². The quantitative estimate of drug-likeness (QED) is 0.0760. The molecule has 15 heteroatoms. The van der Waals surface area contributed by atoms with Crippen LogP contribution in [0.5, 0.6) is 0 Å². The third-order valence-corrected chi connectivity index (χ3v) is 15.5. The third-order valence-electron chi connectivity index (χ3n) is 15.5. The van der Waals surface area contributed by atoms with Crippen molar-refractivity contribution in [3.8, 4) is 0 Å². The van der Waals surface area contributed by atoms with Crippen molar-refractivity contribution in [2.75, 3.05) is 46.7 Å². The monoisotopic (exact) mass is 986 g/mol. The number of piperidine rings is 1. The fraction of sp³-hybridized carbons (Fsp3) is 0.764. The van der Waals surface area contributed by atoms with Crippen molar-refractivity contribution in [2.24, 2.45) is 47.3 Å². The number of amides is 1. The second-order valence-electron chi connectivity index (χ2n) is 20.9. The molecule has 396 valence electrons. The van der Waals surface area contributed by atoms with Gasteiger partial charge in [0.1, 0.15) is 23.7 Å². The summed E-state index contributed by atoms with van der Waals surface area (Å²) in [6.45, 7) is 15.4. The highest BCUT2D eigenvalue weighted by atomic mass is 16.6. The lowest BCUT2D eigenvalue weighted by molar-refractivity contribution is -0.265. The first-order chi connectivity index (χ1) is 33.3. The third kappa shape index (κ3) is 16.3. The van der Waals surface area contributed by atoms with Crippen LogP contribution in [0.2, 0.25) is 0 Å². The molecule has 70 heavy (non-hydrogen) atoms. The minimum atomic E-state index is -2.44. The van der Waals surface area contributed by atoms with Crippen molar-refractivity contribution in [1.29, 1.82) is 0 Å². The number of aliphatic hydroxyl groups is 4. The van der Waals surface area contributed by atoms with Crippen molar-refractivity contribution in [3.05, 3.63) is 47.6 Å². The maximum atomic E-state index is 14.5. The van der Waals surface area contributed by atoms with E-state index in [2.05, 4.69) is 0 Å². The van der Waals surface area contributed by atoms with E-state index < -0.39 is 84.2 Å². The lowest BCUT2D eigenvalue weighted by Gasteiger charge is -2.42. The molecule has 3 fully saturated rings. The predicted octanol–water partition coefficient (Wildman–Crippen LogP) is 6.43. The van der Waals surface area contributed by atoms with Crippen LogP contribution < -0.4 is 0 Å². The van der Waals surface area contributed by atoms with Crippen LogP contribution in [0.4, 0.5) is 0 Å². The molecule has 1 saturated carbocycles. The number of cyclic esters (lactones) is 1. The number of fused-ring (bicyclic) bond motifs is 3. The van der Waals surface area contributed by atoms with Crippen LogP contribution in [0.1, 0.15) is 132 Å². The molecular formula is C55H87NO14. The molecule has 2 saturated heterocycles. The van der Waals surface area contributed by atoms with Crippen LogP contribution in [0, 0.1) is 47.3 Å². The van der Waals surface area contributed by atoms with Crippen LogP contribution in [-0.4, -0.2) is 144 Å². The van der Waals surface area contributed by atoms with Gasteiger partial charge in [-0.1, -0.05) is 71.1 Å². The van der Waals surface area contributed by atoms with Gasteiger partial charge in [-0.15, -0.1) is 0 Å². The molecule has 3 aliphatic heterocycles. The predicted molar refractivity (Wildman–Crippen MR) is 265 cm³/mol. The molecule has 0 spiro atoms. The highest BCUT2D eigenvalue weighted by Gasteiger charge is 2.53. The Morgan fingerprint density at radius 2 is 1.63 bits per heavy atom. The number of ether oxygens (including phenoxy) is 5. The number of carbonyl (C=O) groups excluding carboxylic acids is 5.